The normalized spacial score (nSPS) is 14.1. The summed E-state index contributed by atoms with van der Waals surface area (Å²) in [6.07, 6.45) is 0.386. The van der Waals surface area contributed by atoms with Gasteiger partial charge in [-0.05, 0) is 17.5 Å². The van der Waals surface area contributed by atoms with Crippen molar-refractivity contribution < 1.29 is 9.31 Å². The Morgan fingerprint density at radius 2 is 2.06 bits per heavy atom. The van der Waals surface area contributed by atoms with Crippen LogP contribution in [0.2, 0.25) is 0 Å². The highest BCUT2D eigenvalue weighted by Gasteiger charge is 2.14. The van der Waals surface area contributed by atoms with Gasteiger partial charge >= 0.3 is 7.41 Å². The van der Waals surface area contributed by atoms with E-state index in [1.54, 1.807) is 12.1 Å². The monoisotopic (exact) mass is 219 g/mol. The van der Waals surface area contributed by atoms with Gasteiger partial charge in [-0.3, -0.25) is 10.1 Å². The molecule has 1 aliphatic heterocycles. The molecule has 7 heteroatoms. The van der Waals surface area contributed by atoms with Crippen LogP contribution in [0.5, 0.6) is 0 Å². The van der Waals surface area contributed by atoms with Crippen molar-refractivity contribution in [3.8, 4) is 0 Å². The van der Waals surface area contributed by atoms with Gasteiger partial charge in [0.25, 0.3) is 5.69 Å². The Morgan fingerprint density at radius 3 is 2.56 bits per heavy atom. The smallest absolute Gasteiger partial charge is 0.258 e. The van der Waals surface area contributed by atoms with Crippen LogP contribution >= 0.6 is 0 Å². The van der Waals surface area contributed by atoms with Crippen molar-refractivity contribution in [3.63, 3.8) is 0 Å². The van der Waals surface area contributed by atoms with E-state index in [9.17, 15) is 14.5 Å². The summed E-state index contributed by atoms with van der Waals surface area (Å²) in [5.41, 5.74) is 1.34. The predicted molar refractivity (Wildman–Crippen MR) is 56.9 cm³/mol. The average molecular weight is 219 g/mol. The molecule has 16 heavy (non-hydrogen) atoms. The molecule has 1 aromatic rings. The molecule has 0 aromatic heterocycles. The minimum Gasteiger partial charge on any atom is -0.258 e. The molecule has 0 aliphatic carbocycles. The molecule has 1 aliphatic rings. The van der Waals surface area contributed by atoms with E-state index in [2.05, 4.69) is 10.1 Å². The zero-order valence-corrected chi connectivity index (χ0v) is 8.26. The number of nitro benzene ring substituents is 1. The van der Waals surface area contributed by atoms with Gasteiger partial charge in [-0.15, -0.1) is 5.11 Å². The van der Waals surface area contributed by atoms with Crippen molar-refractivity contribution in [1.29, 1.82) is 0 Å². The van der Waals surface area contributed by atoms with Crippen LogP contribution in [0.1, 0.15) is 5.56 Å². The topological polar surface area (TPSA) is 67.9 Å². The van der Waals surface area contributed by atoms with E-state index in [1.165, 1.54) is 12.1 Å². The molecule has 0 saturated carbocycles. The van der Waals surface area contributed by atoms with E-state index >= 15 is 0 Å². The highest BCUT2D eigenvalue weighted by Crippen LogP contribution is 2.20. The van der Waals surface area contributed by atoms with E-state index in [1.807, 2.05) is 0 Å². The lowest BCUT2D eigenvalue weighted by Crippen LogP contribution is -1.96. The molecule has 0 N–H and O–H groups in total. The standard InChI is InChI=1S/C9H7BFN3O2/c11-9-8(10-13-12-9)5-6-1-3-7(4-2-6)14(15)16/h1-4,10H,5H2. The number of nitrogens with zero attached hydrogens (tertiary/aromatic N) is 3. The lowest BCUT2D eigenvalue weighted by atomic mass is 9.81. The first-order valence-corrected chi connectivity index (χ1v) is 4.65. The van der Waals surface area contributed by atoms with Gasteiger partial charge in [0, 0.05) is 12.1 Å². The lowest BCUT2D eigenvalue weighted by Gasteiger charge is -2.00. The van der Waals surface area contributed by atoms with Crippen molar-refractivity contribution in [3.05, 3.63) is 51.4 Å². The Morgan fingerprint density at radius 1 is 1.38 bits per heavy atom. The maximum Gasteiger partial charge on any atom is 0.325 e. The van der Waals surface area contributed by atoms with Gasteiger partial charge in [0.15, 0.2) is 0 Å². The Labute approximate surface area is 91.1 Å². The van der Waals surface area contributed by atoms with E-state index in [-0.39, 0.29) is 13.1 Å². The van der Waals surface area contributed by atoms with Gasteiger partial charge in [-0.25, -0.2) is 5.03 Å². The molecule has 0 amide bonds. The van der Waals surface area contributed by atoms with E-state index in [0.717, 1.165) is 5.56 Å². The molecule has 0 radical (unpaired) electrons. The number of nitro groups is 1. The first-order chi connectivity index (χ1) is 7.66. The Bertz CT molecular complexity index is 484. The molecule has 0 spiro atoms. The largest absolute Gasteiger partial charge is 0.325 e. The fraction of sp³-hybridized carbons (Fsp3) is 0.111. The number of hydrogen-bond donors (Lipinski definition) is 0. The molecular formula is C9H7BFN3O2. The molecule has 80 valence electrons. The fourth-order valence-corrected chi connectivity index (χ4v) is 1.43. The Balaban J connectivity index is 2.12. The van der Waals surface area contributed by atoms with Gasteiger partial charge in [-0.2, -0.15) is 4.39 Å². The summed E-state index contributed by atoms with van der Waals surface area (Å²) in [5, 5.41) is 17.3. The average Bonchev–Trinajstić information content (AvgIpc) is 2.65. The van der Waals surface area contributed by atoms with Crippen LogP contribution in [-0.2, 0) is 6.42 Å². The summed E-state index contributed by atoms with van der Waals surface area (Å²) in [5.74, 6) is -0.543. The summed E-state index contributed by atoms with van der Waals surface area (Å²) in [7, 11) is 0.267. The van der Waals surface area contributed by atoms with Gasteiger partial charge < -0.3 is 0 Å². The molecule has 1 aromatic carbocycles. The fourth-order valence-electron chi connectivity index (χ4n) is 1.43. The van der Waals surface area contributed by atoms with Crippen LogP contribution in [-0.4, -0.2) is 12.3 Å². The van der Waals surface area contributed by atoms with E-state index in [0.29, 0.717) is 11.9 Å². The van der Waals surface area contributed by atoms with Gasteiger partial charge in [0.1, 0.15) is 0 Å². The summed E-state index contributed by atoms with van der Waals surface area (Å²) >= 11 is 0. The third kappa shape index (κ3) is 2.13. The molecule has 1 heterocycles. The minimum absolute atomic E-state index is 0.0269. The third-order valence-electron chi connectivity index (χ3n) is 2.28. The second kappa shape index (κ2) is 4.22. The quantitative estimate of drug-likeness (QED) is 0.338. The van der Waals surface area contributed by atoms with Crippen molar-refractivity contribution in [2.24, 2.45) is 10.1 Å². The number of hydrogen-bond acceptors (Lipinski definition) is 4. The molecule has 2 rings (SSSR count). The maximum absolute atomic E-state index is 13.0. The number of halogens is 1. The number of non-ortho nitro benzene ring substituents is 1. The van der Waals surface area contributed by atoms with E-state index in [4.69, 9.17) is 0 Å². The van der Waals surface area contributed by atoms with Gasteiger partial charge in [0.2, 0.25) is 5.95 Å². The highest BCUT2D eigenvalue weighted by molar-refractivity contribution is 6.44. The van der Waals surface area contributed by atoms with E-state index < -0.39 is 10.9 Å². The SMILES string of the molecule is O=[N+]([O-])c1ccc(CC2=C(F)N=NB2)cc1. The summed E-state index contributed by atoms with van der Waals surface area (Å²) in [6, 6.07) is 6.02. The first-order valence-electron chi connectivity index (χ1n) is 4.65. The summed E-state index contributed by atoms with van der Waals surface area (Å²) in [6.45, 7) is 0. The maximum atomic E-state index is 13.0. The van der Waals surface area contributed by atoms with Crippen LogP contribution < -0.4 is 0 Å². The van der Waals surface area contributed by atoms with Gasteiger partial charge in [-0.1, -0.05) is 12.1 Å². The lowest BCUT2D eigenvalue weighted by molar-refractivity contribution is -0.384. The molecule has 0 atom stereocenters. The molecule has 0 unspecified atom stereocenters. The van der Waals surface area contributed by atoms with Crippen LogP contribution in [0, 0.1) is 10.1 Å². The predicted octanol–water partition coefficient (Wildman–Crippen LogP) is 2.09. The van der Waals surface area contributed by atoms with Crippen molar-refractivity contribution in [2.45, 2.75) is 6.42 Å². The molecular weight excluding hydrogens is 212 g/mol. The second-order valence-corrected chi connectivity index (χ2v) is 3.39. The highest BCUT2D eigenvalue weighted by atomic mass is 19.1. The second-order valence-electron chi connectivity index (χ2n) is 3.39. The van der Waals surface area contributed by atoms with Crippen LogP contribution in [0.25, 0.3) is 0 Å². The Kier molecular flexibility index (Phi) is 2.76. The zero-order chi connectivity index (χ0) is 11.5. The third-order valence-corrected chi connectivity index (χ3v) is 2.28. The minimum atomic E-state index is -0.543. The molecule has 0 fully saturated rings. The molecule has 5 nitrogen and oxygen atoms in total. The van der Waals surface area contributed by atoms with Crippen molar-refractivity contribution in [2.75, 3.05) is 0 Å². The summed E-state index contributed by atoms with van der Waals surface area (Å²) in [4.78, 5) is 9.95. The van der Waals surface area contributed by atoms with Crippen molar-refractivity contribution >= 4 is 13.1 Å². The number of allylic oxidation sites excluding steroid dienone is 1. The first kappa shape index (κ1) is 10.5. The number of rotatable bonds is 3. The van der Waals surface area contributed by atoms with Crippen LogP contribution in [0.4, 0.5) is 10.1 Å². The zero-order valence-electron chi connectivity index (χ0n) is 8.26. The summed E-state index contributed by atoms with van der Waals surface area (Å²) < 4.78 is 13.0. The van der Waals surface area contributed by atoms with Crippen LogP contribution in [0.3, 0.4) is 0 Å². The number of benzene rings is 1. The molecule has 0 bridgehead atoms. The Hall–Kier alpha value is -2.05. The van der Waals surface area contributed by atoms with Crippen LogP contribution in [0.15, 0.2) is 45.8 Å². The van der Waals surface area contributed by atoms with Gasteiger partial charge in [0.05, 0.1) is 4.92 Å². The molecule has 0 saturated heterocycles. The van der Waals surface area contributed by atoms with Crippen molar-refractivity contribution in [1.82, 2.24) is 0 Å².